The van der Waals surface area contributed by atoms with Crippen LogP contribution < -0.4 is 5.32 Å². The number of nitrogens with zero attached hydrogens (tertiary/aromatic N) is 1. The van der Waals surface area contributed by atoms with Gasteiger partial charge >= 0.3 is 0 Å². The number of amides is 1. The molecule has 102 valence electrons. The van der Waals surface area contributed by atoms with Gasteiger partial charge in [-0.25, -0.2) is 0 Å². The first-order valence-electron chi connectivity index (χ1n) is 6.15. The molecule has 0 spiro atoms. The topological polar surface area (TPSA) is 32.3 Å². The highest BCUT2D eigenvalue weighted by molar-refractivity contribution is 6.30. The molecule has 0 atom stereocenters. The second-order valence-electron chi connectivity index (χ2n) is 4.15. The van der Waals surface area contributed by atoms with Gasteiger partial charge in [-0.1, -0.05) is 29.8 Å². The first kappa shape index (κ1) is 15.5. The number of benzene rings is 1. The summed E-state index contributed by atoms with van der Waals surface area (Å²) in [5, 5.41) is 3.43. The Morgan fingerprint density at radius 1 is 1.32 bits per heavy atom. The molecule has 0 aliphatic heterocycles. The third-order valence-corrected chi connectivity index (χ3v) is 2.77. The molecule has 0 aliphatic rings. The van der Waals surface area contributed by atoms with Crippen LogP contribution in [0.15, 0.2) is 49.6 Å². The molecule has 1 N–H and O–H groups in total. The molecule has 0 radical (unpaired) electrons. The quantitative estimate of drug-likeness (QED) is 0.740. The van der Waals surface area contributed by atoms with Crippen molar-refractivity contribution in [3.05, 3.63) is 54.6 Å². The number of hydrogen-bond acceptors (Lipinski definition) is 2. The Kier molecular flexibility index (Phi) is 6.93. The molecule has 0 heterocycles. The van der Waals surface area contributed by atoms with Gasteiger partial charge in [0.2, 0.25) is 5.91 Å². The van der Waals surface area contributed by atoms with Crippen molar-refractivity contribution in [2.75, 3.05) is 25.0 Å². The third kappa shape index (κ3) is 6.22. The molecule has 0 saturated heterocycles. The minimum Gasteiger partial charge on any atom is -0.326 e. The molecule has 1 aromatic rings. The van der Waals surface area contributed by atoms with E-state index in [9.17, 15) is 4.79 Å². The monoisotopic (exact) mass is 278 g/mol. The van der Waals surface area contributed by atoms with E-state index in [0.717, 1.165) is 18.8 Å². The van der Waals surface area contributed by atoms with Crippen LogP contribution in [0.25, 0.3) is 0 Å². The molecule has 0 unspecified atom stereocenters. The number of hydrogen-bond donors (Lipinski definition) is 1. The minimum absolute atomic E-state index is 0.0274. The maximum atomic E-state index is 11.8. The lowest BCUT2D eigenvalue weighted by Crippen LogP contribution is -2.28. The Hall–Kier alpha value is -1.58. The van der Waals surface area contributed by atoms with Crippen LogP contribution >= 0.6 is 11.6 Å². The van der Waals surface area contributed by atoms with Gasteiger partial charge in [-0.05, 0) is 18.2 Å². The maximum Gasteiger partial charge on any atom is 0.225 e. The lowest BCUT2D eigenvalue weighted by Gasteiger charge is -2.18. The predicted octanol–water partition coefficient (Wildman–Crippen LogP) is 3.34. The molecular formula is C15H19ClN2O. The van der Waals surface area contributed by atoms with E-state index in [0.29, 0.717) is 18.0 Å². The van der Waals surface area contributed by atoms with Gasteiger partial charge in [0.25, 0.3) is 0 Å². The number of anilines is 1. The Labute approximate surface area is 119 Å². The standard InChI is InChI=1S/C15H19ClN2O/c1-3-9-18(10-4-2)11-8-15(19)17-14-7-5-6-13(16)12-14/h3-7,12H,1-2,8-11H2,(H,17,19). The summed E-state index contributed by atoms with van der Waals surface area (Å²) in [6, 6.07) is 7.12. The number of carbonyl (C=O) groups is 1. The first-order valence-corrected chi connectivity index (χ1v) is 6.53. The molecule has 1 rings (SSSR count). The van der Waals surface area contributed by atoms with E-state index in [2.05, 4.69) is 23.4 Å². The molecule has 0 bridgehead atoms. The highest BCUT2D eigenvalue weighted by atomic mass is 35.5. The van der Waals surface area contributed by atoms with E-state index in [-0.39, 0.29) is 5.91 Å². The minimum atomic E-state index is -0.0274. The molecule has 0 fully saturated rings. The molecule has 1 aromatic carbocycles. The van der Waals surface area contributed by atoms with Gasteiger partial charge in [-0.3, -0.25) is 9.69 Å². The fourth-order valence-electron chi connectivity index (χ4n) is 1.67. The Morgan fingerprint density at radius 3 is 2.58 bits per heavy atom. The zero-order valence-electron chi connectivity index (χ0n) is 10.9. The lowest BCUT2D eigenvalue weighted by atomic mass is 10.3. The van der Waals surface area contributed by atoms with Gasteiger partial charge in [-0.15, -0.1) is 13.2 Å². The van der Waals surface area contributed by atoms with Crippen molar-refractivity contribution in [2.45, 2.75) is 6.42 Å². The zero-order valence-corrected chi connectivity index (χ0v) is 11.7. The van der Waals surface area contributed by atoms with Crippen molar-refractivity contribution in [1.29, 1.82) is 0 Å². The average Bonchev–Trinajstić information content (AvgIpc) is 2.36. The van der Waals surface area contributed by atoms with Crippen molar-refractivity contribution in [3.63, 3.8) is 0 Å². The fourth-order valence-corrected chi connectivity index (χ4v) is 1.86. The molecular weight excluding hydrogens is 260 g/mol. The van der Waals surface area contributed by atoms with Crippen LogP contribution in [0.5, 0.6) is 0 Å². The SMILES string of the molecule is C=CCN(CC=C)CCC(=O)Nc1cccc(Cl)c1. The summed E-state index contributed by atoms with van der Waals surface area (Å²) in [6.45, 7) is 9.56. The molecule has 0 saturated carbocycles. The molecule has 19 heavy (non-hydrogen) atoms. The summed E-state index contributed by atoms with van der Waals surface area (Å²) in [5.41, 5.74) is 0.719. The Balaban J connectivity index is 2.42. The second kappa shape index (κ2) is 8.51. The average molecular weight is 279 g/mol. The van der Waals surface area contributed by atoms with E-state index < -0.39 is 0 Å². The van der Waals surface area contributed by atoms with Crippen LogP contribution in [0.2, 0.25) is 5.02 Å². The van der Waals surface area contributed by atoms with Gasteiger partial charge in [0, 0.05) is 36.8 Å². The molecule has 1 amide bonds. The molecule has 0 aliphatic carbocycles. The predicted molar refractivity (Wildman–Crippen MR) is 81.5 cm³/mol. The highest BCUT2D eigenvalue weighted by Gasteiger charge is 2.06. The van der Waals surface area contributed by atoms with Crippen LogP contribution in [-0.4, -0.2) is 30.4 Å². The first-order chi connectivity index (χ1) is 9.15. The summed E-state index contributed by atoms with van der Waals surface area (Å²) in [6.07, 6.45) is 4.06. The molecule has 0 aromatic heterocycles. The normalized spacial score (nSPS) is 10.2. The van der Waals surface area contributed by atoms with Crippen molar-refractivity contribution in [3.8, 4) is 0 Å². The number of nitrogens with one attached hydrogen (secondary N) is 1. The van der Waals surface area contributed by atoms with Crippen LogP contribution in [0.3, 0.4) is 0 Å². The number of rotatable bonds is 8. The van der Waals surface area contributed by atoms with E-state index in [1.165, 1.54) is 0 Å². The maximum absolute atomic E-state index is 11.8. The van der Waals surface area contributed by atoms with E-state index in [1.807, 2.05) is 18.2 Å². The van der Waals surface area contributed by atoms with Crippen LogP contribution in [0, 0.1) is 0 Å². The van der Waals surface area contributed by atoms with Gasteiger partial charge in [-0.2, -0.15) is 0 Å². The van der Waals surface area contributed by atoms with Crippen LogP contribution in [0.1, 0.15) is 6.42 Å². The van der Waals surface area contributed by atoms with Gasteiger partial charge in [0.1, 0.15) is 0 Å². The smallest absolute Gasteiger partial charge is 0.225 e. The summed E-state index contributed by atoms with van der Waals surface area (Å²) in [7, 11) is 0. The van der Waals surface area contributed by atoms with Gasteiger partial charge < -0.3 is 5.32 Å². The van der Waals surface area contributed by atoms with Crippen molar-refractivity contribution < 1.29 is 4.79 Å². The van der Waals surface area contributed by atoms with Crippen LogP contribution in [-0.2, 0) is 4.79 Å². The van der Waals surface area contributed by atoms with E-state index in [1.54, 1.807) is 18.2 Å². The summed E-state index contributed by atoms with van der Waals surface area (Å²) >= 11 is 5.86. The second-order valence-corrected chi connectivity index (χ2v) is 4.58. The zero-order chi connectivity index (χ0) is 14.1. The largest absolute Gasteiger partial charge is 0.326 e. The number of halogens is 1. The number of carbonyl (C=O) groups excluding carboxylic acids is 1. The van der Waals surface area contributed by atoms with E-state index >= 15 is 0 Å². The van der Waals surface area contributed by atoms with Gasteiger partial charge in [0.05, 0.1) is 0 Å². The summed E-state index contributed by atoms with van der Waals surface area (Å²) < 4.78 is 0. The summed E-state index contributed by atoms with van der Waals surface area (Å²) in [5.74, 6) is -0.0274. The van der Waals surface area contributed by atoms with Crippen molar-refractivity contribution in [2.24, 2.45) is 0 Å². The van der Waals surface area contributed by atoms with Crippen LogP contribution in [0.4, 0.5) is 5.69 Å². The molecule has 4 heteroatoms. The van der Waals surface area contributed by atoms with Crippen molar-refractivity contribution >= 4 is 23.2 Å². The van der Waals surface area contributed by atoms with E-state index in [4.69, 9.17) is 11.6 Å². The Morgan fingerprint density at radius 2 is 2.00 bits per heavy atom. The Bertz CT molecular complexity index is 436. The van der Waals surface area contributed by atoms with Gasteiger partial charge in [0.15, 0.2) is 0 Å². The molecule has 3 nitrogen and oxygen atoms in total. The highest BCUT2D eigenvalue weighted by Crippen LogP contribution is 2.14. The summed E-state index contributed by atoms with van der Waals surface area (Å²) in [4.78, 5) is 13.9. The fraction of sp³-hybridized carbons (Fsp3) is 0.267. The lowest BCUT2D eigenvalue weighted by molar-refractivity contribution is -0.116. The van der Waals surface area contributed by atoms with Crippen molar-refractivity contribution in [1.82, 2.24) is 4.90 Å². The third-order valence-electron chi connectivity index (χ3n) is 2.54.